The number of hydrogen-bond acceptors (Lipinski definition) is 4. The van der Waals surface area contributed by atoms with E-state index in [0.29, 0.717) is 11.8 Å². The first-order valence-electron chi connectivity index (χ1n) is 4.28. The molecule has 0 rings (SSSR count). The molecular weight excluding hydrogens is 174 g/mol. The summed E-state index contributed by atoms with van der Waals surface area (Å²) < 4.78 is 0. The first-order valence-corrected chi connectivity index (χ1v) is 5.44. The average Bonchev–Trinajstić information content (AvgIpc) is 2.12. The third kappa shape index (κ3) is 5.83. The summed E-state index contributed by atoms with van der Waals surface area (Å²) in [6.07, 6.45) is 0.531. The molecule has 0 saturated carbocycles. The topological polar surface area (TPSA) is 52.5 Å². The predicted octanol–water partition coefficient (Wildman–Crippen LogP) is 0.0708. The van der Waals surface area contributed by atoms with Crippen LogP contribution in [0.15, 0.2) is 0 Å². The van der Waals surface area contributed by atoms with Crippen molar-refractivity contribution >= 4 is 11.8 Å². The highest BCUT2D eigenvalue weighted by atomic mass is 32.2. The van der Waals surface area contributed by atoms with E-state index in [1.54, 1.807) is 11.8 Å². The van der Waals surface area contributed by atoms with E-state index in [-0.39, 0.29) is 6.61 Å². The summed E-state index contributed by atoms with van der Waals surface area (Å²) in [6, 6.07) is 0.515. The number of aliphatic hydroxyl groups excluding tert-OH is 2. The second-order valence-electron chi connectivity index (χ2n) is 2.77. The summed E-state index contributed by atoms with van der Waals surface area (Å²) in [5.74, 6) is 1.61. The van der Waals surface area contributed by atoms with Crippen LogP contribution in [-0.4, -0.2) is 47.5 Å². The lowest BCUT2D eigenvalue weighted by atomic mass is 10.3. The highest BCUT2D eigenvalue weighted by molar-refractivity contribution is 7.99. The van der Waals surface area contributed by atoms with Gasteiger partial charge in [0, 0.05) is 17.5 Å². The van der Waals surface area contributed by atoms with Crippen molar-refractivity contribution in [1.29, 1.82) is 0 Å². The maximum Gasteiger partial charge on any atom is 0.0861 e. The summed E-state index contributed by atoms with van der Waals surface area (Å²) in [5, 5.41) is 20.7. The summed E-state index contributed by atoms with van der Waals surface area (Å²) in [4.78, 5) is 0. The van der Waals surface area contributed by atoms with E-state index in [1.165, 1.54) is 0 Å². The lowest BCUT2D eigenvalue weighted by molar-refractivity contribution is 0.113. The zero-order valence-corrected chi connectivity index (χ0v) is 8.60. The van der Waals surface area contributed by atoms with E-state index < -0.39 is 6.10 Å². The highest BCUT2D eigenvalue weighted by Gasteiger charge is 2.05. The van der Waals surface area contributed by atoms with Crippen molar-refractivity contribution in [3.05, 3.63) is 0 Å². The van der Waals surface area contributed by atoms with Crippen LogP contribution in [0.4, 0.5) is 0 Å². The van der Waals surface area contributed by atoms with Crippen LogP contribution in [0.2, 0.25) is 0 Å². The van der Waals surface area contributed by atoms with E-state index in [2.05, 4.69) is 12.2 Å². The summed E-state index contributed by atoms with van der Waals surface area (Å²) >= 11 is 1.67. The van der Waals surface area contributed by atoms with E-state index in [4.69, 9.17) is 10.2 Å². The standard InChI is InChI=1S/C8H19NO2S/c1-3-7(9-2)5-12-6-8(11)4-10/h7-11H,3-6H2,1-2H3. The predicted molar refractivity (Wildman–Crippen MR) is 53.6 cm³/mol. The Hall–Kier alpha value is 0.230. The van der Waals surface area contributed by atoms with Crippen LogP contribution in [0.3, 0.4) is 0 Å². The molecule has 3 N–H and O–H groups in total. The van der Waals surface area contributed by atoms with Crippen molar-refractivity contribution in [1.82, 2.24) is 5.32 Å². The molecule has 0 saturated heterocycles. The fourth-order valence-electron chi connectivity index (χ4n) is 0.804. The Morgan fingerprint density at radius 2 is 2.08 bits per heavy atom. The summed E-state index contributed by atoms with van der Waals surface area (Å²) in [5.41, 5.74) is 0. The van der Waals surface area contributed by atoms with Gasteiger partial charge in [-0.1, -0.05) is 6.92 Å². The van der Waals surface area contributed by atoms with Gasteiger partial charge in [0.15, 0.2) is 0 Å². The lowest BCUT2D eigenvalue weighted by Crippen LogP contribution is -2.27. The molecule has 0 bridgehead atoms. The monoisotopic (exact) mass is 193 g/mol. The van der Waals surface area contributed by atoms with Crippen molar-refractivity contribution in [2.75, 3.05) is 25.2 Å². The molecule has 0 aromatic heterocycles. The number of thioether (sulfide) groups is 1. The number of rotatable bonds is 7. The van der Waals surface area contributed by atoms with Crippen LogP contribution in [0.1, 0.15) is 13.3 Å². The minimum atomic E-state index is -0.565. The summed E-state index contributed by atoms with van der Waals surface area (Å²) in [7, 11) is 1.94. The van der Waals surface area contributed by atoms with E-state index in [9.17, 15) is 0 Å². The largest absolute Gasteiger partial charge is 0.394 e. The molecule has 2 atom stereocenters. The fraction of sp³-hybridized carbons (Fsp3) is 1.00. The molecule has 12 heavy (non-hydrogen) atoms. The van der Waals surface area contributed by atoms with Crippen molar-refractivity contribution in [3.63, 3.8) is 0 Å². The Bertz CT molecular complexity index is 99.1. The first-order chi connectivity index (χ1) is 5.74. The van der Waals surface area contributed by atoms with Gasteiger partial charge in [0.05, 0.1) is 12.7 Å². The minimum absolute atomic E-state index is 0.136. The third-order valence-corrected chi connectivity index (χ3v) is 3.00. The molecule has 0 spiro atoms. The van der Waals surface area contributed by atoms with Crippen LogP contribution >= 0.6 is 11.8 Å². The Morgan fingerprint density at radius 1 is 1.42 bits per heavy atom. The Kier molecular flexibility index (Phi) is 8.01. The van der Waals surface area contributed by atoms with Crippen LogP contribution in [-0.2, 0) is 0 Å². The van der Waals surface area contributed by atoms with E-state index in [0.717, 1.165) is 12.2 Å². The Morgan fingerprint density at radius 3 is 2.50 bits per heavy atom. The molecule has 0 fully saturated rings. The second-order valence-corrected chi connectivity index (χ2v) is 3.84. The SMILES string of the molecule is CCC(CSCC(O)CO)NC. The smallest absolute Gasteiger partial charge is 0.0861 e. The average molecular weight is 193 g/mol. The van der Waals surface area contributed by atoms with Crippen LogP contribution < -0.4 is 5.32 Å². The molecule has 0 heterocycles. The number of aliphatic hydroxyl groups is 2. The molecule has 4 heteroatoms. The van der Waals surface area contributed by atoms with Gasteiger partial charge in [-0.2, -0.15) is 11.8 Å². The molecule has 0 amide bonds. The zero-order chi connectivity index (χ0) is 9.40. The third-order valence-electron chi connectivity index (χ3n) is 1.74. The molecule has 2 unspecified atom stereocenters. The number of nitrogens with one attached hydrogen (secondary N) is 1. The van der Waals surface area contributed by atoms with Gasteiger partial charge >= 0.3 is 0 Å². The van der Waals surface area contributed by atoms with Gasteiger partial charge in [-0.15, -0.1) is 0 Å². The molecule has 74 valence electrons. The van der Waals surface area contributed by atoms with Gasteiger partial charge in [-0.05, 0) is 13.5 Å². The van der Waals surface area contributed by atoms with Crippen LogP contribution in [0, 0.1) is 0 Å². The summed E-state index contributed by atoms with van der Waals surface area (Å²) in [6.45, 7) is 1.99. The normalized spacial score (nSPS) is 16.0. The lowest BCUT2D eigenvalue weighted by Gasteiger charge is -2.13. The molecule has 0 radical (unpaired) electrons. The number of hydrogen-bond donors (Lipinski definition) is 3. The molecule has 3 nitrogen and oxygen atoms in total. The molecule has 0 aliphatic rings. The maximum absolute atomic E-state index is 9.02. The van der Waals surface area contributed by atoms with Gasteiger partial charge in [-0.25, -0.2) is 0 Å². The fourth-order valence-corrected chi connectivity index (χ4v) is 2.00. The van der Waals surface area contributed by atoms with Gasteiger partial charge in [0.25, 0.3) is 0 Å². The van der Waals surface area contributed by atoms with Crippen molar-refractivity contribution in [2.45, 2.75) is 25.5 Å². The Labute approximate surface area is 78.6 Å². The van der Waals surface area contributed by atoms with Gasteiger partial charge in [-0.3, -0.25) is 0 Å². The molecular formula is C8H19NO2S. The minimum Gasteiger partial charge on any atom is -0.394 e. The van der Waals surface area contributed by atoms with Crippen molar-refractivity contribution in [2.24, 2.45) is 0 Å². The second kappa shape index (κ2) is 7.86. The quantitative estimate of drug-likeness (QED) is 0.535. The van der Waals surface area contributed by atoms with Crippen molar-refractivity contribution in [3.8, 4) is 0 Å². The zero-order valence-electron chi connectivity index (χ0n) is 7.79. The molecule has 0 aliphatic carbocycles. The van der Waals surface area contributed by atoms with E-state index >= 15 is 0 Å². The highest BCUT2D eigenvalue weighted by Crippen LogP contribution is 2.06. The van der Waals surface area contributed by atoms with Crippen LogP contribution in [0.25, 0.3) is 0 Å². The first kappa shape index (κ1) is 12.2. The maximum atomic E-state index is 9.02. The van der Waals surface area contributed by atoms with Crippen molar-refractivity contribution < 1.29 is 10.2 Å². The molecule has 0 aromatic carbocycles. The van der Waals surface area contributed by atoms with Gasteiger partial charge < -0.3 is 15.5 Å². The molecule has 0 aliphatic heterocycles. The Balaban J connectivity index is 3.28. The van der Waals surface area contributed by atoms with Gasteiger partial charge in [0.2, 0.25) is 0 Å². The van der Waals surface area contributed by atoms with E-state index in [1.807, 2.05) is 7.05 Å². The van der Waals surface area contributed by atoms with Crippen LogP contribution in [0.5, 0.6) is 0 Å². The van der Waals surface area contributed by atoms with Gasteiger partial charge in [0.1, 0.15) is 0 Å². The molecule has 0 aromatic rings.